The van der Waals surface area contributed by atoms with Gasteiger partial charge in [0.05, 0.1) is 22.1 Å². The lowest BCUT2D eigenvalue weighted by Gasteiger charge is -2.01. The summed E-state index contributed by atoms with van der Waals surface area (Å²) >= 11 is 3.35. The van der Waals surface area contributed by atoms with Crippen LogP contribution in [0, 0.1) is 6.92 Å². The highest BCUT2D eigenvalue weighted by molar-refractivity contribution is 7.16. The largest absolute Gasteiger partial charge is 0.351 e. The first-order chi connectivity index (χ1) is 8.69. The van der Waals surface area contributed by atoms with E-state index in [1.807, 2.05) is 13.8 Å². The second-order valence-electron chi connectivity index (χ2n) is 4.04. The molecule has 5 heteroatoms. The number of rotatable bonds is 5. The molecular weight excluding hydrogens is 264 g/mol. The molecule has 0 radical (unpaired) electrons. The predicted molar refractivity (Wildman–Crippen MR) is 76.9 cm³/mol. The van der Waals surface area contributed by atoms with Gasteiger partial charge in [0.15, 0.2) is 0 Å². The number of aromatic nitrogens is 1. The summed E-state index contributed by atoms with van der Waals surface area (Å²) in [6.45, 7) is 4.63. The van der Waals surface area contributed by atoms with Gasteiger partial charge in [-0.2, -0.15) is 0 Å². The van der Waals surface area contributed by atoms with Gasteiger partial charge in [0.25, 0.3) is 0 Å². The van der Waals surface area contributed by atoms with E-state index in [9.17, 15) is 4.79 Å². The van der Waals surface area contributed by atoms with Gasteiger partial charge in [0, 0.05) is 16.7 Å². The van der Waals surface area contributed by atoms with Crippen molar-refractivity contribution in [1.29, 1.82) is 0 Å². The van der Waals surface area contributed by atoms with Crippen LogP contribution in [-0.4, -0.2) is 10.9 Å². The van der Waals surface area contributed by atoms with Gasteiger partial charge >= 0.3 is 0 Å². The minimum Gasteiger partial charge on any atom is -0.351 e. The van der Waals surface area contributed by atoms with Gasteiger partial charge < -0.3 is 5.32 Å². The Balaban J connectivity index is 1.96. The molecule has 1 amide bonds. The van der Waals surface area contributed by atoms with Crippen LogP contribution in [0.1, 0.15) is 29.7 Å². The fourth-order valence-corrected chi connectivity index (χ4v) is 3.18. The van der Waals surface area contributed by atoms with Gasteiger partial charge in [-0.15, -0.1) is 22.7 Å². The van der Waals surface area contributed by atoms with Gasteiger partial charge in [-0.1, -0.05) is 6.92 Å². The second-order valence-corrected chi connectivity index (χ2v) is 6.28. The maximum atomic E-state index is 11.4. The molecule has 1 N–H and O–H groups in total. The number of nitrogens with one attached hydrogen (secondary N) is 1. The molecule has 0 unspecified atom stereocenters. The number of hydrogen-bond donors (Lipinski definition) is 1. The predicted octanol–water partition coefficient (Wildman–Crippen LogP) is 3.60. The van der Waals surface area contributed by atoms with E-state index in [1.54, 1.807) is 22.7 Å². The SMILES string of the molecule is CCCC(=O)NCc1ccc(-c2csc(C)n2)s1. The first kappa shape index (κ1) is 13.2. The molecule has 0 saturated heterocycles. The maximum Gasteiger partial charge on any atom is 0.220 e. The molecule has 3 nitrogen and oxygen atoms in total. The van der Waals surface area contributed by atoms with Gasteiger partial charge in [-0.3, -0.25) is 4.79 Å². The minimum absolute atomic E-state index is 0.122. The average Bonchev–Trinajstić information content (AvgIpc) is 2.95. The number of carbonyl (C=O) groups is 1. The second kappa shape index (κ2) is 6.11. The van der Waals surface area contributed by atoms with Crippen LogP contribution in [0.2, 0.25) is 0 Å². The third kappa shape index (κ3) is 3.40. The smallest absolute Gasteiger partial charge is 0.220 e. The monoisotopic (exact) mass is 280 g/mol. The van der Waals surface area contributed by atoms with Crippen LogP contribution < -0.4 is 5.32 Å². The van der Waals surface area contributed by atoms with Crippen LogP contribution in [0.25, 0.3) is 10.6 Å². The van der Waals surface area contributed by atoms with Crippen LogP contribution in [0.4, 0.5) is 0 Å². The molecule has 0 atom stereocenters. The lowest BCUT2D eigenvalue weighted by atomic mass is 10.3. The van der Waals surface area contributed by atoms with Gasteiger partial charge in [-0.05, 0) is 25.5 Å². The Morgan fingerprint density at radius 3 is 2.94 bits per heavy atom. The molecule has 2 heterocycles. The third-order valence-electron chi connectivity index (χ3n) is 2.47. The fourth-order valence-electron chi connectivity index (χ4n) is 1.59. The van der Waals surface area contributed by atoms with Crippen molar-refractivity contribution in [2.24, 2.45) is 0 Å². The van der Waals surface area contributed by atoms with E-state index in [0.29, 0.717) is 13.0 Å². The summed E-state index contributed by atoms with van der Waals surface area (Å²) in [6.07, 6.45) is 1.49. The van der Waals surface area contributed by atoms with Crippen molar-refractivity contribution in [2.45, 2.75) is 33.2 Å². The zero-order chi connectivity index (χ0) is 13.0. The Morgan fingerprint density at radius 1 is 1.44 bits per heavy atom. The quantitative estimate of drug-likeness (QED) is 0.909. The van der Waals surface area contributed by atoms with Crippen LogP contribution in [0.15, 0.2) is 17.5 Å². The van der Waals surface area contributed by atoms with Crippen molar-refractivity contribution in [3.8, 4) is 10.6 Å². The fraction of sp³-hybridized carbons (Fsp3) is 0.385. The molecule has 0 aliphatic carbocycles. The Hall–Kier alpha value is -1.20. The van der Waals surface area contributed by atoms with Crippen molar-refractivity contribution in [2.75, 3.05) is 0 Å². The van der Waals surface area contributed by atoms with E-state index in [1.165, 1.54) is 9.75 Å². The zero-order valence-electron chi connectivity index (χ0n) is 10.5. The zero-order valence-corrected chi connectivity index (χ0v) is 12.2. The highest BCUT2D eigenvalue weighted by Crippen LogP contribution is 2.28. The lowest BCUT2D eigenvalue weighted by Crippen LogP contribution is -2.21. The Morgan fingerprint density at radius 2 is 2.28 bits per heavy atom. The number of hydrogen-bond acceptors (Lipinski definition) is 4. The van der Waals surface area contributed by atoms with E-state index in [2.05, 4.69) is 27.8 Å². The molecule has 0 aliphatic rings. The topological polar surface area (TPSA) is 42.0 Å². The first-order valence-corrected chi connectivity index (χ1v) is 7.66. The lowest BCUT2D eigenvalue weighted by molar-refractivity contribution is -0.121. The Labute approximate surface area is 115 Å². The van der Waals surface area contributed by atoms with Crippen molar-refractivity contribution in [3.05, 3.63) is 27.4 Å². The van der Waals surface area contributed by atoms with Crippen molar-refractivity contribution in [1.82, 2.24) is 10.3 Å². The van der Waals surface area contributed by atoms with Crippen molar-refractivity contribution >= 4 is 28.6 Å². The summed E-state index contributed by atoms with van der Waals surface area (Å²) in [5, 5.41) is 6.07. The number of aryl methyl sites for hydroxylation is 1. The molecule has 2 aromatic heterocycles. The number of carbonyl (C=O) groups excluding carboxylic acids is 1. The van der Waals surface area contributed by atoms with Crippen LogP contribution in [0.3, 0.4) is 0 Å². The molecule has 18 heavy (non-hydrogen) atoms. The molecule has 0 spiro atoms. The van der Waals surface area contributed by atoms with Crippen molar-refractivity contribution < 1.29 is 4.79 Å². The average molecular weight is 280 g/mol. The Kier molecular flexibility index (Phi) is 4.49. The Bertz CT molecular complexity index is 531. The molecule has 96 valence electrons. The maximum absolute atomic E-state index is 11.4. The number of amides is 1. The summed E-state index contributed by atoms with van der Waals surface area (Å²) in [7, 11) is 0. The molecular formula is C13H16N2OS2. The minimum atomic E-state index is 0.122. The van der Waals surface area contributed by atoms with Crippen LogP contribution >= 0.6 is 22.7 Å². The van der Waals surface area contributed by atoms with E-state index >= 15 is 0 Å². The summed E-state index contributed by atoms with van der Waals surface area (Å²) in [6, 6.07) is 4.13. The molecule has 0 aliphatic heterocycles. The summed E-state index contributed by atoms with van der Waals surface area (Å²) in [5.74, 6) is 0.122. The van der Waals surface area contributed by atoms with E-state index in [4.69, 9.17) is 0 Å². The molecule has 0 saturated carbocycles. The molecule has 0 aromatic carbocycles. The van der Waals surface area contributed by atoms with Gasteiger partial charge in [-0.25, -0.2) is 4.98 Å². The molecule has 2 rings (SSSR count). The van der Waals surface area contributed by atoms with Crippen LogP contribution in [0.5, 0.6) is 0 Å². The molecule has 2 aromatic rings. The van der Waals surface area contributed by atoms with E-state index in [0.717, 1.165) is 17.1 Å². The molecule has 0 fully saturated rings. The van der Waals surface area contributed by atoms with E-state index < -0.39 is 0 Å². The van der Waals surface area contributed by atoms with Crippen molar-refractivity contribution in [3.63, 3.8) is 0 Å². The number of nitrogens with zero attached hydrogens (tertiary/aromatic N) is 1. The highest BCUT2D eigenvalue weighted by atomic mass is 32.1. The number of thiophene rings is 1. The summed E-state index contributed by atoms with van der Waals surface area (Å²) in [4.78, 5) is 18.2. The van der Waals surface area contributed by atoms with Crippen LogP contribution in [-0.2, 0) is 11.3 Å². The van der Waals surface area contributed by atoms with Gasteiger partial charge in [0.1, 0.15) is 0 Å². The third-order valence-corrected chi connectivity index (χ3v) is 4.35. The number of thiazole rings is 1. The normalized spacial score (nSPS) is 10.6. The summed E-state index contributed by atoms with van der Waals surface area (Å²) < 4.78 is 0. The highest BCUT2D eigenvalue weighted by Gasteiger charge is 2.07. The molecule has 0 bridgehead atoms. The standard InChI is InChI=1S/C13H16N2OS2/c1-3-4-13(16)14-7-10-5-6-12(18-10)11-8-17-9(2)15-11/h5-6,8H,3-4,7H2,1-2H3,(H,14,16). The van der Waals surface area contributed by atoms with E-state index in [-0.39, 0.29) is 5.91 Å². The first-order valence-electron chi connectivity index (χ1n) is 5.97. The van der Waals surface area contributed by atoms with Gasteiger partial charge in [0.2, 0.25) is 5.91 Å². The summed E-state index contributed by atoms with van der Waals surface area (Å²) in [5.41, 5.74) is 1.04.